The lowest BCUT2D eigenvalue weighted by Gasteiger charge is -2.26. The van der Waals surface area contributed by atoms with Crippen molar-refractivity contribution in [1.29, 1.82) is 0 Å². The molecule has 1 rings (SSSR count). The van der Waals surface area contributed by atoms with Crippen molar-refractivity contribution in [2.75, 3.05) is 0 Å². The monoisotopic (exact) mass is 210 g/mol. The molecule has 0 aliphatic heterocycles. The zero-order chi connectivity index (χ0) is 11.5. The maximum absolute atomic E-state index is 10.4. The maximum atomic E-state index is 10.4. The van der Waals surface area contributed by atoms with Crippen molar-refractivity contribution in [2.45, 2.75) is 52.7 Å². The Hall–Kier alpha value is -0.830. The molecule has 1 aromatic rings. The molecule has 0 aliphatic rings. The van der Waals surface area contributed by atoms with Gasteiger partial charge in [-0.3, -0.25) is 4.68 Å². The van der Waals surface area contributed by atoms with Crippen molar-refractivity contribution in [2.24, 2.45) is 5.92 Å². The highest BCUT2D eigenvalue weighted by Gasteiger charge is 2.27. The largest absolute Gasteiger partial charge is 0.384 e. The summed E-state index contributed by atoms with van der Waals surface area (Å²) in [7, 11) is 0. The molecule has 0 saturated carbocycles. The first kappa shape index (κ1) is 12.2. The molecule has 0 aliphatic carbocycles. The second kappa shape index (κ2) is 4.79. The normalized spacial score (nSPS) is 15.6. The van der Waals surface area contributed by atoms with Gasteiger partial charge in [-0.05, 0) is 31.7 Å². The van der Waals surface area contributed by atoms with Crippen LogP contribution in [0.4, 0.5) is 0 Å². The molecule has 15 heavy (non-hydrogen) atoms. The van der Waals surface area contributed by atoms with E-state index in [1.807, 2.05) is 17.7 Å². The van der Waals surface area contributed by atoms with Gasteiger partial charge in [0.05, 0.1) is 5.69 Å². The summed E-state index contributed by atoms with van der Waals surface area (Å²) in [5.74, 6) is 0.477. The van der Waals surface area contributed by atoms with Crippen LogP contribution in [0, 0.1) is 5.92 Å². The van der Waals surface area contributed by atoms with Crippen LogP contribution in [0.25, 0.3) is 0 Å². The summed E-state index contributed by atoms with van der Waals surface area (Å²) >= 11 is 0. The fourth-order valence-electron chi connectivity index (χ4n) is 2.08. The van der Waals surface area contributed by atoms with Gasteiger partial charge in [0.2, 0.25) is 0 Å². The van der Waals surface area contributed by atoms with Gasteiger partial charge >= 0.3 is 0 Å². The van der Waals surface area contributed by atoms with E-state index in [1.165, 1.54) is 0 Å². The van der Waals surface area contributed by atoms with Crippen molar-refractivity contribution >= 4 is 0 Å². The predicted octanol–water partition coefficient (Wildman–Crippen LogP) is 2.55. The van der Waals surface area contributed by atoms with E-state index in [2.05, 4.69) is 25.9 Å². The molecule has 3 heteroatoms. The molecule has 1 unspecified atom stereocenters. The first-order chi connectivity index (χ1) is 6.97. The van der Waals surface area contributed by atoms with E-state index >= 15 is 0 Å². The molecular formula is C12H22N2O. The topological polar surface area (TPSA) is 38.0 Å². The lowest BCUT2D eigenvalue weighted by atomic mass is 9.91. The van der Waals surface area contributed by atoms with Gasteiger partial charge in [-0.25, -0.2) is 0 Å². The second-order valence-electron chi connectivity index (χ2n) is 4.81. The highest BCUT2D eigenvalue weighted by atomic mass is 16.3. The van der Waals surface area contributed by atoms with Crippen LogP contribution in [0.2, 0.25) is 0 Å². The summed E-state index contributed by atoms with van der Waals surface area (Å²) in [6, 6.07) is 1.91. The Morgan fingerprint density at radius 3 is 2.73 bits per heavy atom. The Balaban J connectivity index is 2.88. The van der Waals surface area contributed by atoms with Crippen molar-refractivity contribution in [3.8, 4) is 0 Å². The molecular weight excluding hydrogens is 188 g/mol. The van der Waals surface area contributed by atoms with Gasteiger partial charge < -0.3 is 5.11 Å². The molecule has 0 bridgehead atoms. The summed E-state index contributed by atoms with van der Waals surface area (Å²) in [5, 5.41) is 14.6. The van der Waals surface area contributed by atoms with Crippen LogP contribution in [0.1, 0.15) is 46.2 Å². The Morgan fingerprint density at radius 1 is 1.53 bits per heavy atom. The number of hydrogen-bond donors (Lipinski definition) is 1. The van der Waals surface area contributed by atoms with Crippen LogP contribution in [-0.4, -0.2) is 14.9 Å². The molecule has 1 atom stereocenters. The number of aliphatic hydroxyl groups is 1. The van der Waals surface area contributed by atoms with Gasteiger partial charge in [-0.1, -0.05) is 20.8 Å². The van der Waals surface area contributed by atoms with Crippen LogP contribution >= 0.6 is 0 Å². The van der Waals surface area contributed by atoms with Crippen LogP contribution < -0.4 is 0 Å². The second-order valence-corrected chi connectivity index (χ2v) is 4.81. The highest BCUT2D eigenvalue weighted by molar-refractivity contribution is 5.10. The molecule has 1 heterocycles. The molecule has 0 saturated heterocycles. The van der Waals surface area contributed by atoms with E-state index in [0.29, 0.717) is 5.92 Å². The predicted molar refractivity (Wildman–Crippen MR) is 61.5 cm³/mol. The Kier molecular flexibility index (Phi) is 3.91. The summed E-state index contributed by atoms with van der Waals surface area (Å²) < 4.78 is 1.91. The third kappa shape index (κ3) is 3.06. The van der Waals surface area contributed by atoms with E-state index in [-0.39, 0.29) is 0 Å². The number of aromatic nitrogens is 2. The van der Waals surface area contributed by atoms with Crippen molar-refractivity contribution in [3.05, 3.63) is 18.0 Å². The van der Waals surface area contributed by atoms with Crippen LogP contribution in [0.15, 0.2) is 12.3 Å². The van der Waals surface area contributed by atoms with E-state index < -0.39 is 5.60 Å². The zero-order valence-corrected chi connectivity index (χ0v) is 10.2. The Bertz CT molecular complexity index is 302. The third-order valence-corrected chi connectivity index (χ3v) is 2.51. The number of rotatable bonds is 5. The molecule has 0 aromatic carbocycles. The first-order valence-corrected chi connectivity index (χ1v) is 5.72. The van der Waals surface area contributed by atoms with Crippen molar-refractivity contribution in [1.82, 2.24) is 9.78 Å². The number of aryl methyl sites for hydroxylation is 1. The van der Waals surface area contributed by atoms with E-state index in [1.54, 1.807) is 6.20 Å². The van der Waals surface area contributed by atoms with Gasteiger partial charge in [-0.15, -0.1) is 0 Å². The molecule has 0 spiro atoms. The summed E-state index contributed by atoms with van der Waals surface area (Å²) in [5.41, 5.74) is 0.165. The maximum Gasteiger partial charge on any atom is 0.104 e. The minimum Gasteiger partial charge on any atom is -0.384 e. The van der Waals surface area contributed by atoms with Gasteiger partial charge in [0.15, 0.2) is 0 Å². The van der Waals surface area contributed by atoms with Gasteiger partial charge in [0.1, 0.15) is 5.60 Å². The molecule has 0 radical (unpaired) electrons. The molecule has 3 nitrogen and oxygen atoms in total. The van der Waals surface area contributed by atoms with E-state index in [4.69, 9.17) is 0 Å². The molecule has 1 N–H and O–H groups in total. The zero-order valence-electron chi connectivity index (χ0n) is 10.2. The Morgan fingerprint density at radius 2 is 2.20 bits per heavy atom. The standard InChI is InChI=1S/C12H22N2O/c1-5-8-14-11(6-7-13-14)12(4,15)9-10(2)3/h6-7,10,15H,5,8-9H2,1-4H3. The fourth-order valence-corrected chi connectivity index (χ4v) is 2.08. The summed E-state index contributed by atoms with van der Waals surface area (Å²) in [4.78, 5) is 0. The first-order valence-electron chi connectivity index (χ1n) is 5.72. The lowest BCUT2D eigenvalue weighted by molar-refractivity contribution is 0.0258. The molecule has 0 fully saturated rings. The average molecular weight is 210 g/mol. The van der Waals surface area contributed by atoms with Gasteiger partial charge in [-0.2, -0.15) is 5.10 Å². The van der Waals surface area contributed by atoms with Crippen LogP contribution in [0.3, 0.4) is 0 Å². The lowest BCUT2D eigenvalue weighted by Crippen LogP contribution is -2.27. The van der Waals surface area contributed by atoms with Gasteiger partial charge in [0, 0.05) is 12.7 Å². The van der Waals surface area contributed by atoms with Crippen molar-refractivity contribution < 1.29 is 5.11 Å². The minimum atomic E-state index is -0.764. The van der Waals surface area contributed by atoms with E-state index in [9.17, 15) is 5.11 Å². The molecule has 1 aromatic heterocycles. The van der Waals surface area contributed by atoms with Gasteiger partial charge in [0.25, 0.3) is 0 Å². The summed E-state index contributed by atoms with van der Waals surface area (Å²) in [6.45, 7) is 9.10. The van der Waals surface area contributed by atoms with Crippen LogP contribution in [-0.2, 0) is 12.1 Å². The SMILES string of the molecule is CCCn1nccc1C(C)(O)CC(C)C. The minimum absolute atomic E-state index is 0.477. The highest BCUT2D eigenvalue weighted by Crippen LogP contribution is 2.27. The average Bonchev–Trinajstić information content (AvgIpc) is 2.51. The smallest absolute Gasteiger partial charge is 0.104 e. The van der Waals surface area contributed by atoms with Crippen molar-refractivity contribution in [3.63, 3.8) is 0 Å². The van der Waals surface area contributed by atoms with Crippen LogP contribution in [0.5, 0.6) is 0 Å². The quantitative estimate of drug-likeness (QED) is 0.811. The fraction of sp³-hybridized carbons (Fsp3) is 0.750. The third-order valence-electron chi connectivity index (χ3n) is 2.51. The Labute approximate surface area is 92.1 Å². The summed E-state index contributed by atoms with van der Waals surface area (Å²) in [6.07, 6.45) is 3.56. The molecule has 0 amide bonds. The van der Waals surface area contributed by atoms with E-state index in [0.717, 1.165) is 25.1 Å². The number of nitrogens with zero attached hydrogens (tertiary/aromatic N) is 2. The molecule has 86 valence electrons. The number of hydrogen-bond acceptors (Lipinski definition) is 2.